The highest BCUT2D eigenvalue weighted by Crippen LogP contribution is 2.39. The van der Waals surface area contributed by atoms with Gasteiger partial charge in [0.25, 0.3) is 0 Å². The Morgan fingerprint density at radius 3 is 2.04 bits per heavy atom. The first kappa shape index (κ1) is 20.8. The van der Waals surface area contributed by atoms with Crippen molar-refractivity contribution < 1.29 is 28.2 Å². The molecule has 0 bridgehead atoms. The van der Waals surface area contributed by atoms with Crippen molar-refractivity contribution in [2.75, 3.05) is 0 Å². The molecule has 2 N–H and O–H groups in total. The van der Waals surface area contributed by atoms with Gasteiger partial charge in [-0.3, -0.25) is 4.79 Å². The Bertz CT molecular complexity index is 810. The number of phenolic OH excluding ortho intramolecular Hbond substituents is 1. The first-order valence-electron chi connectivity index (χ1n) is 8.75. The first-order chi connectivity index (χ1) is 12.5. The zero-order valence-corrected chi connectivity index (χ0v) is 15.5. The zero-order chi connectivity index (χ0) is 20.4. The maximum absolute atomic E-state index is 12.8. The lowest BCUT2D eigenvalue weighted by atomic mass is 9.72. The molecular formula is C21H23F3O3. The summed E-state index contributed by atoms with van der Waals surface area (Å²) in [7, 11) is 0. The van der Waals surface area contributed by atoms with Crippen molar-refractivity contribution in [3.05, 3.63) is 53.6 Å². The van der Waals surface area contributed by atoms with Gasteiger partial charge in [0.2, 0.25) is 0 Å². The van der Waals surface area contributed by atoms with Crippen LogP contribution in [0, 0.1) is 5.92 Å². The fourth-order valence-corrected chi connectivity index (χ4v) is 3.43. The van der Waals surface area contributed by atoms with Crippen LogP contribution >= 0.6 is 0 Å². The maximum atomic E-state index is 12.8. The molecule has 2 aromatic rings. The van der Waals surface area contributed by atoms with Crippen molar-refractivity contribution >= 4 is 5.97 Å². The van der Waals surface area contributed by atoms with E-state index in [-0.39, 0.29) is 11.7 Å². The second-order valence-corrected chi connectivity index (χ2v) is 7.18. The Hall–Kier alpha value is -2.50. The molecular weight excluding hydrogens is 357 g/mol. The molecule has 6 heteroatoms. The van der Waals surface area contributed by atoms with Gasteiger partial charge in [0.15, 0.2) is 0 Å². The van der Waals surface area contributed by atoms with E-state index in [9.17, 15) is 28.2 Å². The van der Waals surface area contributed by atoms with E-state index in [1.165, 1.54) is 24.3 Å². The zero-order valence-electron chi connectivity index (χ0n) is 15.5. The summed E-state index contributed by atoms with van der Waals surface area (Å²) in [5, 5.41) is 20.0. The topological polar surface area (TPSA) is 57.5 Å². The van der Waals surface area contributed by atoms with Gasteiger partial charge in [-0.2, -0.15) is 13.2 Å². The van der Waals surface area contributed by atoms with Crippen LogP contribution in [0.25, 0.3) is 11.1 Å². The molecule has 0 saturated heterocycles. The summed E-state index contributed by atoms with van der Waals surface area (Å²) in [4.78, 5) is 12.1. The van der Waals surface area contributed by atoms with Crippen LogP contribution in [0.1, 0.15) is 44.7 Å². The number of hydrogen-bond donors (Lipinski definition) is 2. The molecule has 0 amide bonds. The summed E-state index contributed by atoms with van der Waals surface area (Å²) in [6.07, 6.45) is -3.72. The molecule has 2 aromatic carbocycles. The maximum Gasteiger partial charge on any atom is 0.416 e. The van der Waals surface area contributed by atoms with Crippen molar-refractivity contribution in [1.29, 1.82) is 0 Å². The monoisotopic (exact) mass is 380 g/mol. The highest BCUT2D eigenvalue weighted by atomic mass is 19.4. The quantitative estimate of drug-likeness (QED) is 0.660. The lowest BCUT2D eigenvalue weighted by Crippen LogP contribution is -2.36. The van der Waals surface area contributed by atoms with Crippen molar-refractivity contribution in [2.24, 2.45) is 5.92 Å². The number of carboxylic acids is 1. The van der Waals surface area contributed by atoms with Crippen LogP contribution in [0.15, 0.2) is 42.5 Å². The summed E-state index contributed by atoms with van der Waals surface area (Å²) in [5.74, 6) is -0.995. The number of alkyl halides is 3. The molecule has 146 valence electrons. The van der Waals surface area contributed by atoms with Gasteiger partial charge in [-0.05, 0) is 65.8 Å². The predicted molar refractivity (Wildman–Crippen MR) is 97.6 cm³/mol. The van der Waals surface area contributed by atoms with Crippen LogP contribution in [0.5, 0.6) is 5.75 Å². The van der Waals surface area contributed by atoms with Crippen LogP contribution in [-0.4, -0.2) is 16.2 Å². The second-order valence-electron chi connectivity index (χ2n) is 7.18. The normalized spacial score (nSPS) is 14.2. The minimum absolute atomic E-state index is 0.109. The van der Waals surface area contributed by atoms with Gasteiger partial charge in [-0.15, -0.1) is 0 Å². The molecule has 0 fully saturated rings. The summed E-state index contributed by atoms with van der Waals surface area (Å²) in [5.41, 5.74) is -0.546. The predicted octanol–water partition coefficient (Wildman–Crippen LogP) is 5.86. The van der Waals surface area contributed by atoms with E-state index in [0.29, 0.717) is 29.5 Å². The Labute approximate surface area is 156 Å². The third-order valence-corrected chi connectivity index (χ3v) is 4.79. The highest BCUT2D eigenvalue weighted by molar-refractivity contribution is 5.82. The van der Waals surface area contributed by atoms with Crippen molar-refractivity contribution in [1.82, 2.24) is 0 Å². The first-order valence-corrected chi connectivity index (χ1v) is 8.75. The van der Waals surface area contributed by atoms with Crippen molar-refractivity contribution in [2.45, 2.75) is 45.2 Å². The van der Waals surface area contributed by atoms with E-state index in [1.807, 2.05) is 13.8 Å². The van der Waals surface area contributed by atoms with Gasteiger partial charge in [0.1, 0.15) is 5.75 Å². The van der Waals surface area contributed by atoms with Gasteiger partial charge in [-0.25, -0.2) is 0 Å². The van der Waals surface area contributed by atoms with Gasteiger partial charge < -0.3 is 10.2 Å². The number of aromatic hydroxyl groups is 1. The Morgan fingerprint density at radius 2 is 1.59 bits per heavy atom. The number of carboxylic acid groups (broad SMARTS) is 1. The second kappa shape index (κ2) is 7.62. The van der Waals surface area contributed by atoms with Gasteiger partial charge in [0, 0.05) is 0 Å². The fraction of sp³-hybridized carbons (Fsp3) is 0.381. The number of hydrogen-bond acceptors (Lipinski definition) is 2. The summed E-state index contributed by atoms with van der Waals surface area (Å²) >= 11 is 0. The van der Waals surface area contributed by atoms with Crippen molar-refractivity contribution in [3.63, 3.8) is 0 Å². The fourth-order valence-electron chi connectivity index (χ4n) is 3.43. The summed E-state index contributed by atoms with van der Waals surface area (Å²) in [6.45, 7) is 5.62. The smallest absolute Gasteiger partial charge is 0.416 e. The van der Waals surface area contributed by atoms with E-state index in [2.05, 4.69) is 0 Å². The van der Waals surface area contributed by atoms with E-state index < -0.39 is 23.1 Å². The summed E-state index contributed by atoms with van der Waals surface area (Å²) < 4.78 is 38.3. The Balaban J connectivity index is 2.56. The average molecular weight is 380 g/mol. The standard InChI is InChI=1S/C21H23F3O3/c1-4-20(19(26)27,12-13(2)3)17-9-15(10-18(25)11-17)14-5-7-16(8-6-14)21(22,23)24/h5-11,13,25H,4,12H2,1-3H3,(H,26,27). The lowest BCUT2D eigenvalue weighted by Gasteiger charge is -2.31. The minimum Gasteiger partial charge on any atom is -0.508 e. The van der Waals surface area contributed by atoms with E-state index in [1.54, 1.807) is 13.0 Å². The average Bonchev–Trinajstić information content (AvgIpc) is 2.58. The molecule has 0 aromatic heterocycles. The van der Waals surface area contributed by atoms with Gasteiger partial charge in [-0.1, -0.05) is 32.9 Å². The van der Waals surface area contributed by atoms with Crippen LogP contribution in [0.4, 0.5) is 13.2 Å². The molecule has 1 atom stereocenters. The summed E-state index contributed by atoms with van der Waals surface area (Å²) in [6, 6.07) is 9.06. The molecule has 0 saturated carbocycles. The molecule has 0 radical (unpaired) electrons. The van der Waals surface area contributed by atoms with E-state index in [4.69, 9.17) is 0 Å². The Morgan fingerprint density at radius 1 is 1.00 bits per heavy atom. The van der Waals surface area contributed by atoms with Crippen LogP contribution < -0.4 is 0 Å². The van der Waals surface area contributed by atoms with Crippen LogP contribution in [-0.2, 0) is 16.4 Å². The number of phenols is 1. The number of aliphatic carboxylic acids is 1. The number of carbonyl (C=O) groups is 1. The number of halogens is 3. The molecule has 0 heterocycles. The Kier molecular flexibility index (Phi) is 5.88. The lowest BCUT2D eigenvalue weighted by molar-refractivity contribution is -0.145. The molecule has 1 unspecified atom stereocenters. The van der Waals surface area contributed by atoms with E-state index in [0.717, 1.165) is 12.1 Å². The van der Waals surface area contributed by atoms with Gasteiger partial charge >= 0.3 is 12.1 Å². The molecule has 0 aliphatic carbocycles. The SMILES string of the molecule is CCC(CC(C)C)(C(=O)O)c1cc(O)cc(-c2ccc(C(F)(F)F)cc2)c1. The molecule has 3 nitrogen and oxygen atoms in total. The van der Waals surface area contributed by atoms with E-state index >= 15 is 0 Å². The van der Waals surface area contributed by atoms with Crippen molar-refractivity contribution in [3.8, 4) is 16.9 Å². The third kappa shape index (κ3) is 4.43. The number of rotatable bonds is 6. The molecule has 2 rings (SSSR count). The van der Waals surface area contributed by atoms with Crippen LogP contribution in [0.3, 0.4) is 0 Å². The highest BCUT2D eigenvalue weighted by Gasteiger charge is 2.39. The molecule has 0 aliphatic heterocycles. The minimum atomic E-state index is -4.43. The molecule has 0 spiro atoms. The largest absolute Gasteiger partial charge is 0.508 e. The van der Waals surface area contributed by atoms with Gasteiger partial charge in [0.05, 0.1) is 11.0 Å². The van der Waals surface area contributed by atoms with Crippen LogP contribution in [0.2, 0.25) is 0 Å². The number of benzene rings is 2. The molecule has 27 heavy (non-hydrogen) atoms. The third-order valence-electron chi connectivity index (χ3n) is 4.79. The molecule has 0 aliphatic rings.